The summed E-state index contributed by atoms with van der Waals surface area (Å²) in [5.74, 6) is 1.32. The highest BCUT2D eigenvalue weighted by Gasteiger charge is 2.16. The number of rotatable bonds is 8. The molecule has 0 amide bonds. The van der Waals surface area contributed by atoms with Crippen molar-refractivity contribution in [3.8, 4) is 16.9 Å². The van der Waals surface area contributed by atoms with Gasteiger partial charge in [0, 0.05) is 23.1 Å². The zero-order valence-electron chi connectivity index (χ0n) is 19.3. The van der Waals surface area contributed by atoms with Gasteiger partial charge in [-0.1, -0.05) is 36.4 Å². The molecule has 0 atom stereocenters. The molecule has 0 aliphatic rings. The number of benzene rings is 3. The van der Waals surface area contributed by atoms with E-state index in [1.807, 2.05) is 43.3 Å². The number of esters is 1. The summed E-state index contributed by atoms with van der Waals surface area (Å²) in [4.78, 5) is 12.0. The molecule has 1 heterocycles. The third kappa shape index (κ3) is 4.94. The van der Waals surface area contributed by atoms with E-state index < -0.39 is 0 Å². The zero-order valence-corrected chi connectivity index (χ0v) is 19.3. The summed E-state index contributed by atoms with van der Waals surface area (Å²) in [6.07, 6.45) is 0.181. The molecule has 1 aromatic heterocycles. The number of nitrogens with two attached hydrogens (primary N) is 1. The molecule has 0 spiro atoms. The van der Waals surface area contributed by atoms with E-state index in [1.165, 1.54) is 0 Å². The van der Waals surface area contributed by atoms with Crippen LogP contribution in [0.1, 0.15) is 34.9 Å². The fourth-order valence-corrected chi connectivity index (χ4v) is 3.98. The van der Waals surface area contributed by atoms with Gasteiger partial charge >= 0.3 is 5.97 Å². The van der Waals surface area contributed by atoms with Gasteiger partial charge in [0.2, 0.25) is 0 Å². The van der Waals surface area contributed by atoms with Gasteiger partial charge in [-0.05, 0) is 67.3 Å². The van der Waals surface area contributed by atoms with Crippen molar-refractivity contribution < 1.29 is 18.7 Å². The molecule has 0 bridgehead atoms. The third-order valence-corrected chi connectivity index (χ3v) is 5.82. The van der Waals surface area contributed by atoms with Crippen LogP contribution in [0.4, 0.5) is 0 Å². The van der Waals surface area contributed by atoms with Crippen LogP contribution < -0.4 is 10.5 Å². The predicted octanol–water partition coefficient (Wildman–Crippen LogP) is 5.86. The van der Waals surface area contributed by atoms with E-state index in [9.17, 15) is 4.79 Å². The highest BCUT2D eigenvalue weighted by Crippen LogP contribution is 2.36. The molecule has 33 heavy (non-hydrogen) atoms. The second-order valence-electron chi connectivity index (χ2n) is 8.09. The van der Waals surface area contributed by atoms with Crippen molar-refractivity contribution in [3.05, 3.63) is 88.7 Å². The number of carbonyl (C=O) groups excluding carboxylic acids is 1. The van der Waals surface area contributed by atoms with Crippen LogP contribution in [-0.2, 0) is 29.1 Å². The molecule has 0 fully saturated rings. The molecular weight excluding hydrogens is 414 g/mol. The van der Waals surface area contributed by atoms with E-state index in [-0.39, 0.29) is 12.4 Å². The lowest BCUT2D eigenvalue weighted by Crippen LogP contribution is -2.09. The van der Waals surface area contributed by atoms with Gasteiger partial charge < -0.3 is 19.6 Å². The maximum absolute atomic E-state index is 12.0. The first-order chi connectivity index (χ1) is 16.0. The maximum Gasteiger partial charge on any atom is 0.310 e. The van der Waals surface area contributed by atoms with Crippen molar-refractivity contribution in [1.82, 2.24) is 0 Å². The highest BCUT2D eigenvalue weighted by atomic mass is 16.5. The summed E-state index contributed by atoms with van der Waals surface area (Å²) >= 11 is 0. The van der Waals surface area contributed by atoms with Gasteiger partial charge in [0.25, 0.3) is 0 Å². The minimum absolute atomic E-state index is 0.181. The highest BCUT2D eigenvalue weighted by molar-refractivity contribution is 5.95. The van der Waals surface area contributed by atoms with Crippen LogP contribution in [0.5, 0.6) is 5.75 Å². The minimum atomic E-state index is -0.262. The summed E-state index contributed by atoms with van der Waals surface area (Å²) in [5, 5.41) is 1.07. The normalized spacial score (nSPS) is 11.0. The Morgan fingerprint density at radius 1 is 1.00 bits per heavy atom. The Morgan fingerprint density at radius 2 is 1.82 bits per heavy atom. The van der Waals surface area contributed by atoms with Gasteiger partial charge in [-0.3, -0.25) is 4.79 Å². The quantitative estimate of drug-likeness (QED) is 0.345. The van der Waals surface area contributed by atoms with Gasteiger partial charge in [-0.25, -0.2) is 0 Å². The summed E-state index contributed by atoms with van der Waals surface area (Å²) in [6, 6.07) is 20.0. The molecule has 0 unspecified atom stereocenters. The lowest BCUT2D eigenvalue weighted by molar-refractivity contribution is -0.142. The Labute approximate surface area is 194 Å². The van der Waals surface area contributed by atoms with Crippen molar-refractivity contribution in [2.45, 2.75) is 40.3 Å². The lowest BCUT2D eigenvalue weighted by atomic mass is 9.97. The van der Waals surface area contributed by atoms with Crippen molar-refractivity contribution in [2.24, 2.45) is 5.73 Å². The van der Waals surface area contributed by atoms with Gasteiger partial charge in [0.05, 0.1) is 13.0 Å². The number of para-hydroxylation sites is 1. The van der Waals surface area contributed by atoms with Crippen molar-refractivity contribution >= 4 is 16.9 Å². The van der Waals surface area contributed by atoms with Crippen LogP contribution in [0.2, 0.25) is 0 Å². The number of carbonyl (C=O) groups is 1. The molecule has 0 radical (unpaired) electrons. The Hall–Kier alpha value is -3.57. The molecule has 0 saturated carbocycles. The monoisotopic (exact) mass is 443 g/mol. The van der Waals surface area contributed by atoms with Crippen molar-refractivity contribution in [3.63, 3.8) is 0 Å². The molecular formula is C28H29NO4. The Morgan fingerprint density at radius 3 is 2.61 bits per heavy atom. The first kappa shape index (κ1) is 22.6. The smallest absolute Gasteiger partial charge is 0.310 e. The van der Waals surface area contributed by atoms with Crippen molar-refractivity contribution in [2.75, 3.05) is 6.61 Å². The van der Waals surface area contributed by atoms with E-state index in [2.05, 4.69) is 31.2 Å². The zero-order chi connectivity index (χ0) is 23.4. The molecule has 5 nitrogen and oxygen atoms in total. The molecule has 170 valence electrons. The van der Waals surface area contributed by atoms with Crippen LogP contribution >= 0.6 is 0 Å². The summed E-state index contributed by atoms with van der Waals surface area (Å²) < 4.78 is 17.4. The standard InChI is InChI=1S/C28H29NO4/c1-4-31-27(30)15-23-9-5-6-11-26(23)32-17-21-13-24-18(2)19(3)33-28(24)25(14-21)22-10-7-8-20(12-22)16-29/h5-14H,4,15-17,29H2,1-3H3. The molecule has 4 rings (SSSR count). The fourth-order valence-electron chi connectivity index (χ4n) is 3.98. The lowest BCUT2D eigenvalue weighted by Gasteiger charge is -2.13. The number of ether oxygens (including phenoxy) is 2. The average molecular weight is 444 g/mol. The summed E-state index contributed by atoms with van der Waals surface area (Å²) in [6.45, 7) is 7.06. The largest absolute Gasteiger partial charge is 0.489 e. The minimum Gasteiger partial charge on any atom is -0.489 e. The second kappa shape index (κ2) is 9.92. The van der Waals surface area contributed by atoms with Crippen LogP contribution in [0, 0.1) is 13.8 Å². The van der Waals surface area contributed by atoms with Gasteiger partial charge in [-0.2, -0.15) is 0 Å². The number of aryl methyl sites for hydroxylation is 2. The van der Waals surface area contributed by atoms with Gasteiger partial charge in [-0.15, -0.1) is 0 Å². The molecule has 4 aromatic rings. The molecule has 5 heteroatoms. The molecule has 0 aliphatic heterocycles. The summed E-state index contributed by atoms with van der Waals surface area (Å²) in [7, 11) is 0. The molecule has 3 aromatic carbocycles. The van der Waals surface area contributed by atoms with E-state index >= 15 is 0 Å². The first-order valence-electron chi connectivity index (χ1n) is 11.2. The first-order valence-corrected chi connectivity index (χ1v) is 11.2. The number of fused-ring (bicyclic) bond motifs is 1. The van der Waals surface area contributed by atoms with E-state index in [4.69, 9.17) is 19.6 Å². The maximum atomic E-state index is 12.0. The van der Waals surface area contributed by atoms with E-state index in [0.29, 0.717) is 25.5 Å². The van der Waals surface area contributed by atoms with Gasteiger partial charge in [0.1, 0.15) is 23.7 Å². The predicted molar refractivity (Wildman–Crippen MR) is 130 cm³/mol. The molecule has 0 saturated heterocycles. The number of hydrogen-bond acceptors (Lipinski definition) is 5. The third-order valence-electron chi connectivity index (χ3n) is 5.82. The SMILES string of the molecule is CCOC(=O)Cc1ccccc1OCc1cc(-c2cccc(CN)c2)c2oc(C)c(C)c2c1. The van der Waals surface area contributed by atoms with E-state index in [1.54, 1.807) is 6.92 Å². The Balaban J connectivity index is 1.68. The van der Waals surface area contributed by atoms with E-state index in [0.717, 1.165) is 50.1 Å². The van der Waals surface area contributed by atoms with Crippen molar-refractivity contribution in [1.29, 1.82) is 0 Å². The number of hydrogen-bond donors (Lipinski definition) is 1. The average Bonchev–Trinajstić information content (AvgIpc) is 3.11. The van der Waals surface area contributed by atoms with Crippen LogP contribution in [0.15, 0.2) is 65.1 Å². The Kier molecular flexibility index (Phi) is 6.80. The fraction of sp³-hybridized carbons (Fsp3) is 0.250. The number of furan rings is 1. The van der Waals surface area contributed by atoms with Crippen LogP contribution in [0.25, 0.3) is 22.1 Å². The topological polar surface area (TPSA) is 74.7 Å². The van der Waals surface area contributed by atoms with Crippen LogP contribution in [-0.4, -0.2) is 12.6 Å². The van der Waals surface area contributed by atoms with Gasteiger partial charge in [0.15, 0.2) is 0 Å². The molecule has 0 aliphatic carbocycles. The summed E-state index contributed by atoms with van der Waals surface area (Å²) in [5.41, 5.74) is 12.8. The second-order valence-corrected chi connectivity index (χ2v) is 8.09. The molecule has 2 N–H and O–H groups in total. The van der Waals surface area contributed by atoms with Crippen LogP contribution in [0.3, 0.4) is 0 Å². The Bertz CT molecular complexity index is 1290.